The van der Waals surface area contributed by atoms with Crippen molar-refractivity contribution in [2.75, 3.05) is 18.9 Å². The predicted molar refractivity (Wildman–Crippen MR) is 106 cm³/mol. The van der Waals surface area contributed by atoms with Crippen molar-refractivity contribution < 1.29 is 22.4 Å². The average molecular weight is 402 g/mol. The van der Waals surface area contributed by atoms with E-state index >= 15 is 0 Å². The van der Waals surface area contributed by atoms with Crippen LogP contribution in [0.15, 0.2) is 51.9 Å². The van der Waals surface area contributed by atoms with E-state index in [0.717, 1.165) is 5.69 Å². The molecule has 0 spiro atoms. The molecule has 0 radical (unpaired) electrons. The highest BCUT2D eigenvalue weighted by Gasteiger charge is 2.21. The van der Waals surface area contributed by atoms with Crippen LogP contribution in [0.1, 0.15) is 18.2 Å². The molecular formula is C20H22N2O5S. The van der Waals surface area contributed by atoms with Crippen LogP contribution in [0.4, 0.5) is 5.69 Å². The Bertz CT molecular complexity index is 1090. The third-order valence-corrected chi connectivity index (χ3v) is 5.75. The number of ether oxygens (including phenoxy) is 2. The van der Waals surface area contributed by atoms with Gasteiger partial charge in [-0.1, -0.05) is 24.2 Å². The van der Waals surface area contributed by atoms with Crippen molar-refractivity contribution in [2.45, 2.75) is 25.2 Å². The molecule has 2 aromatic carbocycles. The van der Waals surface area contributed by atoms with Crippen molar-refractivity contribution in [2.24, 2.45) is 0 Å². The highest BCUT2D eigenvalue weighted by Crippen LogP contribution is 2.32. The summed E-state index contributed by atoms with van der Waals surface area (Å²) in [7, 11) is -0.865. The summed E-state index contributed by atoms with van der Waals surface area (Å²) in [6.07, 6.45) is 0.561. The third kappa shape index (κ3) is 3.96. The summed E-state index contributed by atoms with van der Waals surface area (Å²) in [5.74, 6) is 1.44. The van der Waals surface area contributed by atoms with Gasteiger partial charge in [-0.3, -0.25) is 4.72 Å². The summed E-state index contributed by atoms with van der Waals surface area (Å²) in [5, 5.41) is 3.87. The number of aromatic nitrogens is 1. The minimum absolute atomic E-state index is 0.180. The fraction of sp³-hybridized carbons (Fsp3) is 0.250. The lowest BCUT2D eigenvalue weighted by Gasteiger charge is -2.15. The molecule has 1 N–H and O–H groups in total. The minimum atomic E-state index is -3.86. The first-order chi connectivity index (χ1) is 13.4. The van der Waals surface area contributed by atoms with Crippen LogP contribution in [-0.4, -0.2) is 27.8 Å². The average Bonchev–Trinajstić information content (AvgIpc) is 3.13. The minimum Gasteiger partial charge on any atom is -0.497 e. The van der Waals surface area contributed by atoms with Crippen molar-refractivity contribution >= 4 is 15.7 Å². The Morgan fingerprint density at radius 3 is 2.46 bits per heavy atom. The second-order valence-electron chi connectivity index (χ2n) is 6.18. The maximum absolute atomic E-state index is 13.1. The van der Waals surface area contributed by atoms with Crippen molar-refractivity contribution in [3.8, 4) is 22.8 Å². The van der Waals surface area contributed by atoms with Crippen molar-refractivity contribution in [3.63, 3.8) is 0 Å². The van der Waals surface area contributed by atoms with Crippen LogP contribution >= 0.6 is 0 Å². The van der Waals surface area contributed by atoms with Crippen LogP contribution in [0, 0.1) is 6.92 Å². The molecule has 1 aromatic heterocycles. The number of methoxy groups -OCH3 is 2. The maximum atomic E-state index is 13.1. The standard InChI is InChI=1S/C20H22N2O5S/c1-5-14-6-7-15(18-10-13(2)21-27-18)11-20(14)28(23,24)22-17-9-8-16(25-3)12-19(17)26-4/h6-12,22H,5H2,1-4H3. The van der Waals surface area contributed by atoms with Gasteiger partial charge in [-0.15, -0.1) is 0 Å². The molecule has 148 valence electrons. The first-order valence-corrected chi connectivity index (χ1v) is 10.2. The first-order valence-electron chi connectivity index (χ1n) is 8.69. The molecule has 28 heavy (non-hydrogen) atoms. The summed E-state index contributed by atoms with van der Waals surface area (Å²) in [6, 6.07) is 11.8. The van der Waals surface area contributed by atoms with Crippen molar-refractivity contribution in [1.82, 2.24) is 5.16 Å². The molecule has 0 fully saturated rings. The Morgan fingerprint density at radius 2 is 1.86 bits per heavy atom. The van der Waals surface area contributed by atoms with E-state index in [1.807, 2.05) is 19.9 Å². The molecule has 7 nitrogen and oxygen atoms in total. The predicted octanol–water partition coefficient (Wildman–Crippen LogP) is 4.03. The zero-order chi connectivity index (χ0) is 20.3. The Kier molecular flexibility index (Phi) is 5.60. The van der Waals surface area contributed by atoms with Gasteiger partial charge >= 0.3 is 0 Å². The smallest absolute Gasteiger partial charge is 0.262 e. The zero-order valence-corrected chi connectivity index (χ0v) is 17.0. The van der Waals surface area contributed by atoms with Gasteiger partial charge in [0, 0.05) is 17.7 Å². The van der Waals surface area contributed by atoms with E-state index < -0.39 is 10.0 Å². The fourth-order valence-corrected chi connectivity index (χ4v) is 4.24. The molecule has 0 saturated heterocycles. The van der Waals surface area contributed by atoms with Crippen LogP contribution < -0.4 is 14.2 Å². The van der Waals surface area contributed by atoms with Gasteiger partial charge in [-0.25, -0.2) is 8.42 Å². The largest absolute Gasteiger partial charge is 0.497 e. The maximum Gasteiger partial charge on any atom is 0.262 e. The van der Waals surface area contributed by atoms with E-state index in [2.05, 4.69) is 9.88 Å². The number of hydrogen-bond donors (Lipinski definition) is 1. The van der Waals surface area contributed by atoms with E-state index in [1.165, 1.54) is 14.2 Å². The summed E-state index contributed by atoms with van der Waals surface area (Å²) >= 11 is 0. The van der Waals surface area contributed by atoms with Crippen LogP contribution in [-0.2, 0) is 16.4 Å². The lowest BCUT2D eigenvalue weighted by Crippen LogP contribution is -2.15. The lowest BCUT2D eigenvalue weighted by atomic mass is 10.1. The highest BCUT2D eigenvalue weighted by atomic mass is 32.2. The number of sulfonamides is 1. The summed E-state index contributed by atoms with van der Waals surface area (Å²) in [6.45, 7) is 3.71. The third-order valence-electron chi connectivity index (χ3n) is 4.30. The van der Waals surface area contributed by atoms with Crippen LogP contribution in [0.25, 0.3) is 11.3 Å². The second-order valence-corrected chi connectivity index (χ2v) is 7.83. The quantitative estimate of drug-likeness (QED) is 0.642. The van der Waals surface area contributed by atoms with Crippen LogP contribution in [0.5, 0.6) is 11.5 Å². The van der Waals surface area contributed by atoms with Gasteiger partial charge in [0.15, 0.2) is 5.76 Å². The van der Waals surface area contributed by atoms with Crippen LogP contribution in [0.3, 0.4) is 0 Å². The topological polar surface area (TPSA) is 90.7 Å². The summed E-state index contributed by atoms with van der Waals surface area (Å²) in [5.41, 5.74) is 2.38. The number of nitrogens with zero attached hydrogens (tertiary/aromatic N) is 1. The summed E-state index contributed by atoms with van der Waals surface area (Å²) < 4.78 is 44.6. The second kappa shape index (κ2) is 7.93. The van der Waals surface area contributed by atoms with Gasteiger partial charge in [0.1, 0.15) is 11.5 Å². The number of rotatable bonds is 7. The fourth-order valence-electron chi connectivity index (χ4n) is 2.83. The zero-order valence-electron chi connectivity index (χ0n) is 16.1. The monoisotopic (exact) mass is 402 g/mol. The van der Waals surface area contributed by atoms with Crippen molar-refractivity contribution in [1.29, 1.82) is 0 Å². The molecule has 0 aliphatic carbocycles. The van der Waals surface area contributed by atoms with Gasteiger partial charge in [-0.05, 0) is 37.1 Å². The molecule has 0 atom stereocenters. The SMILES string of the molecule is CCc1ccc(-c2cc(C)no2)cc1S(=O)(=O)Nc1ccc(OC)cc1OC. The number of hydrogen-bond acceptors (Lipinski definition) is 6. The normalized spacial score (nSPS) is 11.3. The number of nitrogens with one attached hydrogen (secondary N) is 1. The Morgan fingerprint density at radius 1 is 1.07 bits per heavy atom. The van der Waals surface area contributed by atoms with E-state index in [1.54, 1.807) is 36.4 Å². The first kappa shape index (κ1) is 19.8. The molecule has 1 heterocycles. The van der Waals surface area contributed by atoms with Gasteiger partial charge < -0.3 is 14.0 Å². The molecule has 0 aliphatic rings. The van der Waals surface area contributed by atoms with Gasteiger partial charge in [0.05, 0.1) is 30.5 Å². The van der Waals surface area contributed by atoms with E-state index in [0.29, 0.717) is 40.5 Å². The lowest BCUT2D eigenvalue weighted by molar-refractivity contribution is 0.395. The Balaban J connectivity index is 2.03. The molecule has 0 bridgehead atoms. The molecule has 8 heteroatoms. The highest BCUT2D eigenvalue weighted by molar-refractivity contribution is 7.92. The van der Waals surface area contributed by atoms with Gasteiger partial charge in [0.25, 0.3) is 10.0 Å². The van der Waals surface area contributed by atoms with Crippen molar-refractivity contribution in [3.05, 3.63) is 53.7 Å². The molecule has 0 saturated carbocycles. The molecule has 0 unspecified atom stereocenters. The van der Waals surface area contributed by atoms with E-state index in [4.69, 9.17) is 14.0 Å². The van der Waals surface area contributed by atoms with Gasteiger partial charge in [0.2, 0.25) is 0 Å². The number of benzene rings is 2. The van der Waals surface area contributed by atoms with E-state index in [9.17, 15) is 8.42 Å². The van der Waals surface area contributed by atoms with E-state index in [-0.39, 0.29) is 4.90 Å². The molecule has 0 aliphatic heterocycles. The number of aryl methyl sites for hydroxylation is 2. The molecule has 3 aromatic rings. The van der Waals surface area contributed by atoms with Gasteiger partial charge in [-0.2, -0.15) is 0 Å². The summed E-state index contributed by atoms with van der Waals surface area (Å²) in [4.78, 5) is 0.180. The molecular weight excluding hydrogens is 380 g/mol. The molecule has 3 rings (SSSR count). The Hall–Kier alpha value is -3.00. The molecule has 0 amide bonds. The number of anilines is 1. The van der Waals surface area contributed by atoms with Crippen LogP contribution in [0.2, 0.25) is 0 Å². The Labute approximate surface area is 164 Å².